The van der Waals surface area contributed by atoms with Crippen LogP contribution in [0.25, 0.3) is 0 Å². The summed E-state index contributed by atoms with van der Waals surface area (Å²) in [5, 5.41) is 14.5. The van der Waals surface area contributed by atoms with E-state index < -0.39 is 10.8 Å². The van der Waals surface area contributed by atoms with Gasteiger partial charge in [0.2, 0.25) is 11.6 Å². The van der Waals surface area contributed by atoms with Gasteiger partial charge in [0.05, 0.1) is 18.1 Å². The van der Waals surface area contributed by atoms with E-state index in [9.17, 15) is 14.9 Å². The van der Waals surface area contributed by atoms with Crippen LogP contribution in [0.5, 0.6) is 0 Å². The van der Waals surface area contributed by atoms with Gasteiger partial charge in [0.25, 0.3) is 5.91 Å². The first-order valence-corrected chi connectivity index (χ1v) is 8.66. The number of hydrogen-bond donors (Lipinski definition) is 3. The highest BCUT2D eigenvalue weighted by molar-refractivity contribution is 5.93. The standard InChI is InChI=1S/C16H20N8O4/c25-16(12-3-1-2-4-17-12)22-21-15-13(24(26)27)14(19-11-20-15)18-5-6-23-7-9-28-10-8-23/h1-4,11H,5-10H2,(H,22,25)(H2,18,19,20,21). The number of hydrazine groups is 1. The van der Waals surface area contributed by atoms with Crippen molar-refractivity contribution < 1.29 is 14.5 Å². The fourth-order valence-electron chi connectivity index (χ4n) is 2.61. The molecule has 1 aliphatic heterocycles. The van der Waals surface area contributed by atoms with Crippen molar-refractivity contribution in [2.75, 3.05) is 50.1 Å². The van der Waals surface area contributed by atoms with Crippen LogP contribution >= 0.6 is 0 Å². The summed E-state index contributed by atoms with van der Waals surface area (Å²) in [5.41, 5.74) is 4.63. The zero-order valence-electron chi connectivity index (χ0n) is 15.0. The van der Waals surface area contributed by atoms with Gasteiger partial charge in [0.1, 0.15) is 12.0 Å². The number of pyridine rings is 1. The van der Waals surface area contributed by atoms with Crippen molar-refractivity contribution >= 4 is 23.2 Å². The van der Waals surface area contributed by atoms with Crippen molar-refractivity contribution in [3.05, 3.63) is 46.5 Å². The van der Waals surface area contributed by atoms with Crippen LogP contribution in [0.3, 0.4) is 0 Å². The minimum absolute atomic E-state index is 0.0721. The maximum absolute atomic E-state index is 12.1. The highest BCUT2D eigenvalue weighted by Crippen LogP contribution is 2.28. The van der Waals surface area contributed by atoms with E-state index in [4.69, 9.17) is 4.74 Å². The number of morpholine rings is 1. The number of anilines is 2. The van der Waals surface area contributed by atoms with Gasteiger partial charge in [-0.3, -0.25) is 35.6 Å². The molecule has 1 aliphatic rings. The molecule has 3 heterocycles. The summed E-state index contributed by atoms with van der Waals surface area (Å²) in [6.07, 6.45) is 2.65. The van der Waals surface area contributed by atoms with Crippen LogP contribution in [0.2, 0.25) is 0 Å². The third kappa shape index (κ3) is 5.08. The Labute approximate surface area is 160 Å². The number of aromatic nitrogens is 3. The minimum atomic E-state index is -0.605. The average Bonchev–Trinajstić information content (AvgIpc) is 2.73. The molecule has 12 heteroatoms. The lowest BCUT2D eigenvalue weighted by Crippen LogP contribution is -2.39. The fourth-order valence-corrected chi connectivity index (χ4v) is 2.61. The van der Waals surface area contributed by atoms with E-state index >= 15 is 0 Å². The Balaban J connectivity index is 1.63. The number of rotatable bonds is 8. The molecule has 1 fully saturated rings. The summed E-state index contributed by atoms with van der Waals surface area (Å²) in [6, 6.07) is 4.85. The lowest BCUT2D eigenvalue weighted by molar-refractivity contribution is -0.383. The molecule has 28 heavy (non-hydrogen) atoms. The summed E-state index contributed by atoms with van der Waals surface area (Å²) in [7, 11) is 0. The second-order valence-corrected chi connectivity index (χ2v) is 5.85. The van der Waals surface area contributed by atoms with Gasteiger partial charge >= 0.3 is 5.69 Å². The van der Waals surface area contributed by atoms with Gasteiger partial charge in [-0.25, -0.2) is 9.97 Å². The van der Waals surface area contributed by atoms with Crippen LogP contribution in [-0.4, -0.2) is 70.1 Å². The van der Waals surface area contributed by atoms with Gasteiger partial charge in [0, 0.05) is 32.4 Å². The molecule has 0 radical (unpaired) electrons. The van der Waals surface area contributed by atoms with Crippen molar-refractivity contribution in [2.45, 2.75) is 0 Å². The summed E-state index contributed by atoms with van der Waals surface area (Å²) < 4.78 is 5.29. The number of nitro groups is 1. The molecule has 148 valence electrons. The Hall–Kier alpha value is -3.38. The number of ether oxygens (including phenoxy) is 1. The third-order valence-corrected chi connectivity index (χ3v) is 4.02. The van der Waals surface area contributed by atoms with E-state index in [1.807, 2.05) is 0 Å². The summed E-state index contributed by atoms with van der Waals surface area (Å²) in [4.78, 5) is 36.9. The first-order valence-electron chi connectivity index (χ1n) is 8.66. The number of carbonyl (C=O) groups is 1. The first-order chi connectivity index (χ1) is 13.6. The van der Waals surface area contributed by atoms with Gasteiger partial charge in [0.15, 0.2) is 0 Å². The van der Waals surface area contributed by atoms with Crippen molar-refractivity contribution in [3.8, 4) is 0 Å². The molecule has 0 bridgehead atoms. The largest absolute Gasteiger partial charge is 0.379 e. The zero-order chi connectivity index (χ0) is 19.8. The zero-order valence-corrected chi connectivity index (χ0v) is 15.0. The molecule has 2 aromatic heterocycles. The molecule has 0 unspecified atom stereocenters. The lowest BCUT2D eigenvalue weighted by Gasteiger charge is -2.26. The highest BCUT2D eigenvalue weighted by atomic mass is 16.6. The molecule has 12 nitrogen and oxygen atoms in total. The molecule has 2 aromatic rings. The smallest absolute Gasteiger partial charge is 0.354 e. The molecule has 3 N–H and O–H groups in total. The van der Waals surface area contributed by atoms with Crippen LogP contribution in [0.4, 0.5) is 17.3 Å². The normalized spacial score (nSPS) is 14.3. The summed E-state index contributed by atoms with van der Waals surface area (Å²) >= 11 is 0. The SMILES string of the molecule is O=C(NNc1ncnc(NCCN2CCOCC2)c1[N+](=O)[O-])c1ccccn1. The second kappa shape index (κ2) is 9.53. The molecule has 1 amide bonds. The summed E-state index contributed by atoms with van der Waals surface area (Å²) in [6.45, 7) is 4.16. The quantitative estimate of drug-likeness (QED) is 0.425. The predicted octanol–water partition coefficient (Wildman–Crippen LogP) is 0.281. The van der Waals surface area contributed by atoms with Crippen LogP contribution in [0.15, 0.2) is 30.7 Å². The maximum atomic E-state index is 12.1. The van der Waals surface area contributed by atoms with E-state index in [0.717, 1.165) is 13.1 Å². The Morgan fingerprint density at radius 2 is 2.00 bits per heavy atom. The van der Waals surface area contributed by atoms with Gasteiger partial charge in [-0.1, -0.05) is 6.07 Å². The number of carbonyl (C=O) groups excluding carboxylic acids is 1. The number of nitrogens with zero attached hydrogens (tertiary/aromatic N) is 5. The van der Waals surface area contributed by atoms with Gasteiger partial charge < -0.3 is 10.1 Å². The number of nitrogens with one attached hydrogen (secondary N) is 3. The Morgan fingerprint density at radius 3 is 2.71 bits per heavy atom. The van der Waals surface area contributed by atoms with Crippen molar-refractivity contribution in [2.24, 2.45) is 0 Å². The number of hydrogen-bond acceptors (Lipinski definition) is 10. The molecule has 3 rings (SSSR count). The van der Waals surface area contributed by atoms with E-state index in [0.29, 0.717) is 26.3 Å². The fraction of sp³-hybridized carbons (Fsp3) is 0.375. The lowest BCUT2D eigenvalue weighted by atomic mass is 10.3. The van der Waals surface area contributed by atoms with Gasteiger partial charge in [-0.2, -0.15) is 0 Å². The molecule has 0 saturated carbocycles. The second-order valence-electron chi connectivity index (χ2n) is 5.85. The minimum Gasteiger partial charge on any atom is -0.379 e. The molecule has 0 aliphatic carbocycles. The van der Waals surface area contributed by atoms with Crippen LogP contribution in [0.1, 0.15) is 10.5 Å². The first kappa shape index (κ1) is 19.4. The molecule has 0 spiro atoms. The average molecular weight is 388 g/mol. The van der Waals surface area contributed by atoms with Crippen LogP contribution in [0, 0.1) is 10.1 Å². The van der Waals surface area contributed by atoms with Crippen molar-refractivity contribution in [1.82, 2.24) is 25.3 Å². The third-order valence-electron chi connectivity index (χ3n) is 4.02. The Kier molecular flexibility index (Phi) is 6.59. The molecule has 1 saturated heterocycles. The maximum Gasteiger partial charge on any atom is 0.354 e. The Bertz CT molecular complexity index is 814. The van der Waals surface area contributed by atoms with E-state index in [1.165, 1.54) is 18.6 Å². The van der Waals surface area contributed by atoms with E-state index in [-0.39, 0.29) is 23.0 Å². The highest BCUT2D eigenvalue weighted by Gasteiger charge is 2.23. The molecule has 0 atom stereocenters. The van der Waals surface area contributed by atoms with E-state index in [1.54, 1.807) is 12.1 Å². The van der Waals surface area contributed by atoms with Crippen molar-refractivity contribution in [3.63, 3.8) is 0 Å². The van der Waals surface area contributed by atoms with Gasteiger partial charge in [-0.05, 0) is 12.1 Å². The molecular weight excluding hydrogens is 368 g/mol. The van der Waals surface area contributed by atoms with Crippen LogP contribution in [-0.2, 0) is 4.74 Å². The van der Waals surface area contributed by atoms with Crippen LogP contribution < -0.4 is 16.2 Å². The molecule has 0 aromatic carbocycles. The number of amides is 1. The monoisotopic (exact) mass is 388 g/mol. The predicted molar refractivity (Wildman–Crippen MR) is 99.8 cm³/mol. The van der Waals surface area contributed by atoms with Gasteiger partial charge in [-0.15, -0.1) is 0 Å². The molecular formula is C16H20N8O4. The topological polar surface area (TPSA) is 147 Å². The van der Waals surface area contributed by atoms with E-state index in [2.05, 4.69) is 36.0 Å². The Morgan fingerprint density at radius 1 is 1.21 bits per heavy atom. The summed E-state index contributed by atoms with van der Waals surface area (Å²) in [5.74, 6) is -0.601. The van der Waals surface area contributed by atoms with Crippen molar-refractivity contribution in [1.29, 1.82) is 0 Å².